The van der Waals surface area contributed by atoms with Crippen molar-refractivity contribution in [2.24, 2.45) is 0 Å². The highest BCUT2D eigenvalue weighted by Crippen LogP contribution is 2.30. The van der Waals surface area contributed by atoms with E-state index in [4.69, 9.17) is 11.5 Å². The van der Waals surface area contributed by atoms with Crippen molar-refractivity contribution in [2.45, 2.75) is 70.6 Å². The molecule has 2 atom stereocenters. The maximum absolute atomic E-state index is 5.87. The first-order valence-electron chi connectivity index (χ1n) is 14.0. The minimum Gasteiger partial charge on any atom is -0.399 e. The third kappa shape index (κ3) is 7.26. The lowest BCUT2D eigenvalue weighted by atomic mass is 9.88. The Morgan fingerprint density at radius 1 is 0.432 bits per heavy atom. The van der Waals surface area contributed by atoms with E-state index in [0.29, 0.717) is 11.8 Å². The fraction of sp³-hybridized carbons (Fsp3) is 0.314. The Bertz CT molecular complexity index is 1110. The van der Waals surface area contributed by atoms with E-state index in [-0.39, 0.29) is 0 Å². The quantitative estimate of drug-likeness (QED) is 0.154. The van der Waals surface area contributed by atoms with Gasteiger partial charge in [-0.15, -0.1) is 0 Å². The molecule has 2 unspecified atom stereocenters. The van der Waals surface area contributed by atoms with Gasteiger partial charge in [0.2, 0.25) is 0 Å². The van der Waals surface area contributed by atoms with E-state index in [2.05, 4.69) is 86.6 Å². The second kappa shape index (κ2) is 13.1. The van der Waals surface area contributed by atoms with E-state index in [1.807, 2.05) is 24.3 Å². The van der Waals surface area contributed by atoms with Gasteiger partial charge in [0.05, 0.1) is 0 Å². The summed E-state index contributed by atoms with van der Waals surface area (Å²) < 4.78 is 0. The van der Waals surface area contributed by atoms with E-state index in [1.165, 1.54) is 52.6 Å². The fourth-order valence-electron chi connectivity index (χ4n) is 5.45. The highest BCUT2D eigenvalue weighted by molar-refractivity contribution is 5.44. The smallest absolute Gasteiger partial charge is 0.0314 e. The zero-order chi connectivity index (χ0) is 26.0. The Morgan fingerprint density at radius 3 is 1.03 bits per heavy atom. The van der Waals surface area contributed by atoms with E-state index >= 15 is 0 Å². The van der Waals surface area contributed by atoms with Crippen LogP contribution in [-0.4, -0.2) is 0 Å². The summed E-state index contributed by atoms with van der Waals surface area (Å²) in [5, 5.41) is 0. The number of nitrogen functional groups attached to an aromatic ring is 2. The van der Waals surface area contributed by atoms with Gasteiger partial charge in [-0.2, -0.15) is 0 Å². The molecule has 0 amide bonds. The van der Waals surface area contributed by atoms with Crippen LogP contribution in [0.4, 0.5) is 11.4 Å². The number of hydrogen-bond acceptors (Lipinski definition) is 2. The van der Waals surface area contributed by atoms with Gasteiger partial charge in [0, 0.05) is 23.2 Å². The Labute approximate surface area is 223 Å². The molecule has 192 valence electrons. The molecule has 0 aliphatic heterocycles. The maximum Gasteiger partial charge on any atom is 0.0314 e. The van der Waals surface area contributed by atoms with E-state index in [1.54, 1.807) is 0 Å². The number of hydrogen-bond donors (Lipinski definition) is 2. The van der Waals surface area contributed by atoms with Crippen molar-refractivity contribution < 1.29 is 0 Å². The number of anilines is 2. The highest BCUT2D eigenvalue weighted by atomic mass is 14.5. The predicted molar refractivity (Wildman–Crippen MR) is 160 cm³/mol. The van der Waals surface area contributed by atoms with Crippen LogP contribution in [0.2, 0.25) is 0 Å². The molecule has 0 aliphatic rings. The minimum absolute atomic E-state index is 0.431. The predicted octanol–water partition coefficient (Wildman–Crippen LogP) is 8.89. The van der Waals surface area contributed by atoms with Gasteiger partial charge >= 0.3 is 0 Å². The molecule has 4 aromatic carbocycles. The Hall–Kier alpha value is -3.52. The van der Waals surface area contributed by atoms with E-state index in [9.17, 15) is 0 Å². The zero-order valence-corrected chi connectivity index (χ0v) is 22.5. The van der Waals surface area contributed by atoms with Gasteiger partial charge in [0.15, 0.2) is 0 Å². The molecule has 0 saturated carbocycles. The van der Waals surface area contributed by atoms with Gasteiger partial charge in [-0.1, -0.05) is 93.1 Å². The molecule has 4 rings (SSSR count). The molecule has 0 spiro atoms. The first-order valence-corrected chi connectivity index (χ1v) is 14.0. The summed E-state index contributed by atoms with van der Waals surface area (Å²) in [6.45, 7) is 4.51. The molecule has 0 bridgehead atoms. The number of benzene rings is 4. The van der Waals surface area contributed by atoms with Crippen LogP contribution in [0.5, 0.6) is 0 Å². The summed E-state index contributed by atoms with van der Waals surface area (Å²) in [6.07, 6.45) is 8.21. The van der Waals surface area contributed by atoms with Crippen LogP contribution in [0.3, 0.4) is 0 Å². The monoisotopic (exact) mass is 490 g/mol. The summed E-state index contributed by atoms with van der Waals surface area (Å²) >= 11 is 0. The minimum atomic E-state index is 0.431. The molecule has 0 aromatic heterocycles. The summed E-state index contributed by atoms with van der Waals surface area (Å²) in [6, 6.07) is 35.2. The molecule has 0 fully saturated rings. The molecule has 37 heavy (non-hydrogen) atoms. The molecule has 0 aliphatic carbocycles. The second-order valence-electron chi connectivity index (χ2n) is 10.3. The number of nitrogens with two attached hydrogens (primary N) is 2. The van der Waals surface area contributed by atoms with Crippen molar-refractivity contribution in [3.63, 3.8) is 0 Å². The first kappa shape index (κ1) is 26.5. The van der Waals surface area contributed by atoms with Crippen molar-refractivity contribution in [3.8, 4) is 0 Å². The average Bonchev–Trinajstić information content (AvgIpc) is 2.93. The normalized spacial score (nSPS) is 12.8. The SMILES string of the molecule is CCC(c1ccc(N)cc1)c1ccc(CCCCCc2ccc(C(CC)c3ccc(N)cc3)cc2)cc1. The topological polar surface area (TPSA) is 52.0 Å². The molecule has 4 aromatic rings. The van der Waals surface area contributed by atoms with Gasteiger partial charge < -0.3 is 11.5 Å². The molecule has 0 saturated heterocycles. The zero-order valence-electron chi connectivity index (χ0n) is 22.5. The standard InChI is InChI=1S/C35H42N2/c1-3-34(30-18-22-32(36)23-19-30)28-14-10-26(11-15-28)8-6-5-7-9-27-12-16-29(17-13-27)35(4-2)31-20-24-33(37)25-21-31/h10-25,34-35H,3-9,36-37H2,1-2H3. The molecule has 2 heteroatoms. The third-order valence-corrected chi connectivity index (χ3v) is 7.69. The second-order valence-corrected chi connectivity index (χ2v) is 10.3. The summed E-state index contributed by atoms with van der Waals surface area (Å²) in [7, 11) is 0. The average molecular weight is 491 g/mol. The third-order valence-electron chi connectivity index (χ3n) is 7.69. The van der Waals surface area contributed by atoms with Crippen LogP contribution < -0.4 is 11.5 Å². The molecule has 0 heterocycles. The van der Waals surface area contributed by atoms with E-state index in [0.717, 1.165) is 37.1 Å². The lowest BCUT2D eigenvalue weighted by Crippen LogP contribution is -2.00. The van der Waals surface area contributed by atoms with Crippen LogP contribution in [0.15, 0.2) is 97.1 Å². The summed E-state index contributed by atoms with van der Waals surface area (Å²) in [5.74, 6) is 0.861. The highest BCUT2D eigenvalue weighted by Gasteiger charge is 2.13. The lowest BCUT2D eigenvalue weighted by Gasteiger charge is -2.17. The van der Waals surface area contributed by atoms with Gasteiger partial charge in [-0.25, -0.2) is 0 Å². The molecular formula is C35H42N2. The maximum atomic E-state index is 5.87. The molecule has 0 radical (unpaired) electrons. The van der Waals surface area contributed by atoms with Crippen LogP contribution >= 0.6 is 0 Å². The number of aryl methyl sites for hydroxylation is 2. The lowest BCUT2D eigenvalue weighted by molar-refractivity contribution is 0.677. The van der Waals surface area contributed by atoms with Crippen molar-refractivity contribution in [2.75, 3.05) is 11.5 Å². The van der Waals surface area contributed by atoms with Gasteiger partial charge in [0.1, 0.15) is 0 Å². The van der Waals surface area contributed by atoms with Gasteiger partial charge in [-0.05, 0) is 96.2 Å². The number of rotatable bonds is 12. The van der Waals surface area contributed by atoms with Crippen LogP contribution in [0.25, 0.3) is 0 Å². The Morgan fingerprint density at radius 2 is 0.730 bits per heavy atom. The van der Waals surface area contributed by atoms with E-state index < -0.39 is 0 Å². The summed E-state index contributed by atoms with van der Waals surface area (Å²) in [5.41, 5.74) is 21.7. The molecular weight excluding hydrogens is 448 g/mol. The molecule has 4 N–H and O–H groups in total. The number of unbranched alkanes of at least 4 members (excludes halogenated alkanes) is 2. The Balaban J connectivity index is 1.22. The molecule has 2 nitrogen and oxygen atoms in total. The first-order chi connectivity index (χ1) is 18.1. The van der Waals surface area contributed by atoms with Crippen molar-refractivity contribution >= 4 is 11.4 Å². The summed E-state index contributed by atoms with van der Waals surface area (Å²) in [4.78, 5) is 0. The van der Waals surface area contributed by atoms with Crippen LogP contribution in [-0.2, 0) is 12.8 Å². The van der Waals surface area contributed by atoms with Crippen molar-refractivity contribution in [1.82, 2.24) is 0 Å². The largest absolute Gasteiger partial charge is 0.399 e. The Kier molecular flexibility index (Phi) is 9.43. The fourth-order valence-corrected chi connectivity index (χ4v) is 5.45. The van der Waals surface area contributed by atoms with Crippen molar-refractivity contribution in [1.29, 1.82) is 0 Å². The van der Waals surface area contributed by atoms with Gasteiger partial charge in [0.25, 0.3) is 0 Å². The van der Waals surface area contributed by atoms with Gasteiger partial charge in [-0.3, -0.25) is 0 Å². The van der Waals surface area contributed by atoms with Crippen molar-refractivity contribution in [3.05, 3.63) is 130 Å². The van der Waals surface area contributed by atoms with Crippen LogP contribution in [0, 0.1) is 0 Å². The van der Waals surface area contributed by atoms with Crippen LogP contribution in [0.1, 0.15) is 91.2 Å².